The lowest BCUT2D eigenvalue weighted by Crippen LogP contribution is -2.29. The number of ether oxygens (including phenoxy) is 1. The minimum Gasteiger partial charge on any atom is -0.496 e. The highest BCUT2D eigenvalue weighted by Crippen LogP contribution is 2.25. The van der Waals surface area contributed by atoms with E-state index in [9.17, 15) is 4.79 Å². The van der Waals surface area contributed by atoms with Crippen molar-refractivity contribution in [3.8, 4) is 11.4 Å². The van der Waals surface area contributed by atoms with Gasteiger partial charge in [0.05, 0.1) is 24.2 Å². The van der Waals surface area contributed by atoms with E-state index in [-0.39, 0.29) is 5.91 Å². The van der Waals surface area contributed by atoms with Gasteiger partial charge in [0, 0.05) is 18.1 Å². The SMILES string of the molecule is COc1ccccc1C1=NOC(C(=O)Nc2cc(C)nn2-c2ccccc2)C1. The van der Waals surface area contributed by atoms with Crippen molar-refractivity contribution in [3.63, 3.8) is 0 Å². The van der Waals surface area contributed by atoms with Crippen LogP contribution >= 0.6 is 0 Å². The summed E-state index contributed by atoms with van der Waals surface area (Å²) in [7, 11) is 1.60. The number of nitrogens with zero attached hydrogens (tertiary/aromatic N) is 3. The van der Waals surface area contributed by atoms with E-state index in [1.54, 1.807) is 11.8 Å². The minimum atomic E-state index is -0.709. The van der Waals surface area contributed by atoms with Crippen molar-refractivity contribution in [2.75, 3.05) is 12.4 Å². The smallest absolute Gasteiger partial charge is 0.269 e. The number of anilines is 1. The van der Waals surface area contributed by atoms with Gasteiger partial charge < -0.3 is 14.9 Å². The number of carbonyl (C=O) groups excluding carboxylic acids is 1. The minimum absolute atomic E-state index is 0.272. The molecule has 2 heterocycles. The average molecular weight is 376 g/mol. The number of benzene rings is 2. The van der Waals surface area contributed by atoms with E-state index < -0.39 is 6.10 Å². The van der Waals surface area contributed by atoms with Gasteiger partial charge in [0.2, 0.25) is 6.10 Å². The maximum absolute atomic E-state index is 12.8. The van der Waals surface area contributed by atoms with E-state index in [1.165, 1.54) is 0 Å². The van der Waals surface area contributed by atoms with Gasteiger partial charge in [-0.15, -0.1) is 0 Å². The maximum atomic E-state index is 12.8. The number of amides is 1. The van der Waals surface area contributed by atoms with Gasteiger partial charge in [0.1, 0.15) is 11.6 Å². The molecule has 0 bridgehead atoms. The van der Waals surface area contributed by atoms with Crippen molar-refractivity contribution in [1.29, 1.82) is 0 Å². The molecule has 3 aromatic rings. The second kappa shape index (κ2) is 7.56. The van der Waals surface area contributed by atoms with Crippen molar-refractivity contribution < 1.29 is 14.4 Å². The normalized spacial score (nSPS) is 15.6. The summed E-state index contributed by atoms with van der Waals surface area (Å²) in [4.78, 5) is 18.2. The molecule has 0 radical (unpaired) electrons. The van der Waals surface area contributed by atoms with Gasteiger partial charge in [-0.05, 0) is 31.2 Å². The molecule has 0 aliphatic carbocycles. The standard InChI is InChI=1S/C21H20N4O3/c1-14-12-20(25(23-14)15-8-4-3-5-9-15)22-21(26)19-13-17(24-28-19)16-10-6-7-11-18(16)27-2/h3-12,19H,13H2,1-2H3,(H,22,26). The number of hydrogen-bond donors (Lipinski definition) is 1. The van der Waals surface area contributed by atoms with Gasteiger partial charge in [-0.2, -0.15) is 5.10 Å². The number of oxime groups is 1. The molecule has 7 nitrogen and oxygen atoms in total. The van der Waals surface area contributed by atoms with Crippen LogP contribution in [0.5, 0.6) is 5.75 Å². The van der Waals surface area contributed by atoms with Crippen LogP contribution in [0.25, 0.3) is 5.69 Å². The molecular formula is C21H20N4O3. The molecular weight excluding hydrogens is 356 g/mol. The molecule has 142 valence electrons. The van der Waals surface area contributed by atoms with E-state index in [0.29, 0.717) is 23.7 Å². The molecule has 1 unspecified atom stereocenters. The first-order valence-electron chi connectivity index (χ1n) is 8.95. The fourth-order valence-corrected chi connectivity index (χ4v) is 3.12. The molecule has 0 spiro atoms. The number of aryl methyl sites for hydroxylation is 1. The van der Waals surface area contributed by atoms with Crippen molar-refractivity contribution in [1.82, 2.24) is 9.78 Å². The number of aromatic nitrogens is 2. The summed E-state index contributed by atoms with van der Waals surface area (Å²) in [5.74, 6) is 1.01. The molecule has 0 saturated heterocycles. The molecule has 28 heavy (non-hydrogen) atoms. The topological polar surface area (TPSA) is 77.7 Å². The number of rotatable bonds is 5. The largest absolute Gasteiger partial charge is 0.496 e. The zero-order valence-electron chi connectivity index (χ0n) is 15.6. The Bertz CT molecular complexity index is 1030. The van der Waals surface area contributed by atoms with E-state index in [0.717, 1.165) is 16.9 Å². The summed E-state index contributed by atoms with van der Waals surface area (Å²) < 4.78 is 7.07. The number of nitrogens with one attached hydrogen (secondary N) is 1. The first-order valence-corrected chi connectivity index (χ1v) is 8.95. The third-order valence-electron chi connectivity index (χ3n) is 4.46. The van der Waals surface area contributed by atoms with Crippen LogP contribution in [0.2, 0.25) is 0 Å². The molecule has 0 fully saturated rings. The summed E-state index contributed by atoms with van der Waals surface area (Å²) in [5, 5.41) is 11.5. The van der Waals surface area contributed by atoms with E-state index >= 15 is 0 Å². The average Bonchev–Trinajstić information content (AvgIpc) is 3.35. The van der Waals surface area contributed by atoms with Crippen LogP contribution in [0.15, 0.2) is 65.8 Å². The third-order valence-corrected chi connectivity index (χ3v) is 4.46. The van der Waals surface area contributed by atoms with Gasteiger partial charge in [-0.3, -0.25) is 4.79 Å². The Morgan fingerprint density at radius 2 is 1.93 bits per heavy atom. The highest BCUT2D eigenvalue weighted by molar-refractivity contribution is 6.07. The fraction of sp³-hybridized carbons (Fsp3) is 0.190. The molecule has 1 amide bonds. The summed E-state index contributed by atoms with van der Waals surface area (Å²) in [6.45, 7) is 1.88. The van der Waals surface area contributed by atoms with Crippen molar-refractivity contribution in [2.24, 2.45) is 5.16 Å². The molecule has 2 aromatic carbocycles. The molecule has 4 rings (SSSR count). The quantitative estimate of drug-likeness (QED) is 0.741. The van der Waals surface area contributed by atoms with Crippen LogP contribution in [-0.2, 0) is 9.63 Å². The summed E-state index contributed by atoms with van der Waals surface area (Å²) in [6.07, 6.45) is -0.343. The Morgan fingerprint density at radius 3 is 2.71 bits per heavy atom. The first-order chi connectivity index (χ1) is 13.7. The molecule has 1 aliphatic rings. The van der Waals surface area contributed by atoms with Crippen LogP contribution in [0.1, 0.15) is 17.7 Å². The second-order valence-electron chi connectivity index (χ2n) is 6.44. The zero-order valence-corrected chi connectivity index (χ0v) is 15.6. The van der Waals surface area contributed by atoms with Crippen molar-refractivity contribution in [3.05, 3.63) is 71.9 Å². The molecule has 1 aromatic heterocycles. The summed E-state index contributed by atoms with van der Waals surface area (Å²) in [6, 6.07) is 19.0. The number of carbonyl (C=O) groups is 1. The molecule has 1 atom stereocenters. The van der Waals surface area contributed by atoms with Crippen LogP contribution in [0.3, 0.4) is 0 Å². The van der Waals surface area contributed by atoms with Crippen LogP contribution in [-0.4, -0.2) is 34.6 Å². The maximum Gasteiger partial charge on any atom is 0.269 e. The summed E-state index contributed by atoms with van der Waals surface area (Å²) in [5.41, 5.74) is 3.18. The highest BCUT2D eigenvalue weighted by Gasteiger charge is 2.30. The number of hydrogen-bond acceptors (Lipinski definition) is 5. The van der Waals surface area contributed by atoms with Gasteiger partial charge in [-0.25, -0.2) is 4.68 Å². The van der Waals surface area contributed by atoms with Gasteiger partial charge in [-0.1, -0.05) is 35.5 Å². The number of methoxy groups -OCH3 is 1. The lowest BCUT2D eigenvalue weighted by atomic mass is 10.0. The van der Waals surface area contributed by atoms with Crippen LogP contribution < -0.4 is 10.1 Å². The van der Waals surface area contributed by atoms with Crippen LogP contribution in [0.4, 0.5) is 5.82 Å². The second-order valence-corrected chi connectivity index (χ2v) is 6.44. The van der Waals surface area contributed by atoms with E-state index in [2.05, 4.69) is 15.6 Å². The zero-order chi connectivity index (χ0) is 19.5. The highest BCUT2D eigenvalue weighted by atomic mass is 16.6. The Balaban J connectivity index is 1.49. The Hall–Kier alpha value is -3.61. The van der Waals surface area contributed by atoms with Gasteiger partial charge in [0.15, 0.2) is 0 Å². The Labute approximate surface area is 162 Å². The Kier molecular flexibility index (Phi) is 4.80. The van der Waals surface area contributed by atoms with Crippen LogP contribution in [0, 0.1) is 6.92 Å². The summed E-state index contributed by atoms with van der Waals surface area (Å²) >= 11 is 0. The van der Waals surface area contributed by atoms with E-state index in [1.807, 2.05) is 67.6 Å². The fourth-order valence-electron chi connectivity index (χ4n) is 3.12. The molecule has 1 N–H and O–H groups in total. The van der Waals surface area contributed by atoms with Gasteiger partial charge >= 0.3 is 0 Å². The van der Waals surface area contributed by atoms with Crippen molar-refractivity contribution in [2.45, 2.75) is 19.4 Å². The monoisotopic (exact) mass is 376 g/mol. The molecule has 7 heteroatoms. The predicted molar refractivity (Wildman–Crippen MR) is 106 cm³/mol. The lowest BCUT2D eigenvalue weighted by Gasteiger charge is -2.11. The molecule has 0 saturated carbocycles. The first kappa shape index (κ1) is 17.8. The van der Waals surface area contributed by atoms with Crippen molar-refractivity contribution >= 4 is 17.4 Å². The lowest BCUT2D eigenvalue weighted by molar-refractivity contribution is -0.125. The Morgan fingerprint density at radius 1 is 1.18 bits per heavy atom. The predicted octanol–water partition coefficient (Wildman–Crippen LogP) is 3.32. The van der Waals surface area contributed by atoms with Gasteiger partial charge in [0.25, 0.3) is 5.91 Å². The number of para-hydroxylation sites is 2. The van der Waals surface area contributed by atoms with E-state index in [4.69, 9.17) is 9.57 Å². The molecule has 1 aliphatic heterocycles. The third kappa shape index (κ3) is 3.46.